The fraction of sp³-hybridized carbons (Fsp3) is 0.118. The predicted molar refractivity (Wildman–Crippen MR) is 97.4 cm³/mol. The molecule has 0 unspecified atom stereocenters. The number of guanidine groups is 1. The second-order valence-corrected chi connectivity index (χ2v) is 5.19. The number of hydrogen-bond donors (Lipinski definition) is 2. The van der Waals surface area contributed by atoms with E-state index >= 15 is 0 Å². The molecule has 0 saturated heterocycles. The first-order valence-corrected chi connectivity index (χ1v) is 7.74. The minimum Gasteiger partial charge on any atom is -0.490 e. The van der Waals surface area contributed by atoms with Crippen LogP contribution in [-0.2, 0) is 0 Å². The molecule has 0 amide bonds. The summed E-state index contributed by atoms with van der Waals surface area (Å²) in [6.07, 6.45) is 1.45. The Morgan fingerprint density at radius 1 is 1.20 bits per heavy atom. The first-order chi connectivity index (χ1) is 12.0. The summed E-state index contributed by atoms with van der Waals surface area (Å²) in [6.45, 7) is 2.21. The maximum atomic E-state index is 12.3. The third-order valence-electron chi connectivity index (χ3n) is 2.94. The third-order valence-corrected chi connectivity index (χ3v) is 3.27. The number of halogens is 1. The van der Waals surface area contributed by atoms with Gasteiger partial charge in [-0.2, -0.15) is 5.10 Å². The quantitative estimate of drug-likeness (QED) is 0.270. The summed E-state index contributed by atoms with van der Waals surface area (Å²) in [7, 11) is 0. The highest BCUT2D eigenvalue weighted by molar-refractivity contribution is 6.33. The first kappa shape index (κ1) is 18.3. The van der Waals surface area contributed by atoms with Gasteiger partial charge in [0.25, 0.3) is 0 Å². The van der Waals surface area contributed by atoms with E-state index in [0.29, 0.717) is 22.9 Å². The van der Waals surface area contributed by atoms with Crippen LogP contribution in [0.3, 0.4) is 0 Å². The van der Waals surface area contributed by atoms with E-state index in [4.69, 9.17) is 32.5 Å². The van der Waals surface area contributed by atoms with Gasteiger partial charge in [-0.3, -0.25) is 0 Å². The van der Waals surface area contributed by atoms with Gasteiger partial charge < -0.3 is 20.9 Å². The molecule has 0 atom stereocenters. The SMILES string of the molecule is CCOc1cc(C=NN=C(N)N)ccc1OC(=O)c1ccccc1Cl. The molecule has 2 aromatic rings. The molecule has 0 aliphatic heterocycles. The minimum atomic E-state index is -0.575. The highest BCUT2D eigenvalue weighted by Gasteiger charge is 2.15. The minimum absolute atomic E-state index is 0.147. The molecule has 4 N–H and O–H groups in total. The standard InChI is InChI=1S/C17H17ClN4O3/c1-2-24-15-9-11(10-21-22-17(19)20)7-8-14(15)25-16(23)12-5-3-4-6-13(12)18/h3-10H,2H2,1H3,(H4,19,20,22). The monoisotopic (exact) mass is 360 g/mol. The zero-order valence-electron chi connectivity index (χ0n) is 13.5. The third kappa shape index (κ3) is 5.22. The number of rotatable bonds is 6. The van der Waals surface area contributed by atoms with Crippen molar-refractivity contribution in [2.24, 2.45) is 21.7 Å². The lowest BCUT2D eigenvalue weighted by molar-refractivity contribution is 0.0728. The summed E-state index contributed by atoms with van der Waals surface area (Å²) in [5.41, 5.74) is 11.3. The van der Waals surface area contributed by atoms with Crippen LogP contribution in [0.2, 0.25) is 5.02 Å². The van der Waals surface area contributed by atoms with Gasteiger partial charge in [-0.25, -0.2) is 4.79 Å². The van der Waals surface area contributed by atoms with E-state index in [2.05, 4.69) is 10.2 Å². The number of carbonyl (C=O) groups is 1. The van der Waals surface area contributed by atoms with Crippen LogP contribution in [0.5, 0.6) is 11.5 Å². The average Bonchev–Trinajstić information content (AvgIpc) is 2.57. The molecule has 0 aliphatic rings. The second-order valence-electron chi connectivity index (χ2n) is 4.78. The molecule has 0 spiro atoms. The molecule has 0 bridgehead atoms. The Balaban J connectivity index is 2.25. The van der Waals surface area contributed by atoms with Gasteiger partial charge in [0.15, 0.2) is 11.5 Å². The van der Waals surface area contributed by atoms with Crippen LogP contribution in [-0.4, -0.2) is 24.8 Å². The number of esters is 1. The Morgan fingerprint density at radius 2 is 1.96 bits per heavy atom. The van der Waals surface area contributed by atoms with Crippen molar-refractivity contribution in [3.63, 3.8) is 0 Å². The summed E-state index contributed by atoms with van der Waals surface area (Å²) in [6, 6.07) is 11.6. The van der Waals surface area contributed by atoms with E-state index < -0.39 is 5.97 Å². The largest absolute Gasteiger partial charge is 0.490 e. The normalized spacial score (nSPS) is 10.5. The molecule has 7 nitrogen and oxygen atoms in total. The number of benzene rings is 2. The molecule has 25 heavy (non-hydrogen) atoms. The summed E-state index contributed by atoms with van der Waals surface area (Å²) in [5.74, 6) is -0.0673. The Morgan fingerprint density at radius 3 is 2.64 bits per heavy atom. The van der Waals surface area contributed by atoms with E-state index in [1.165, 1.54) is 6.21 Å². The summed E-state index contributed by atoms with van der Waals surface area (Å²) in [4.78, 5) is 12.3. The lowest BCUT2D eigenvalue weighted by atomic mass is 10.2. The topological polar surface area (TPSA) is 112 Å². The van der Waals surface area contributed by atoms with Crippen molar-refractivity contribution >= 4 is 29.7 Å². The Hall–Kier alpha value is -3.06. The molecule has 2 rings (SSSR count). The summed E-state index contributed by atoms with van der Waals surface area (Å²) >= 11 is 6.01. The molecule has 130 valence electrons. The summed E-state index contributed by atoms with van der Waals surface area (Å²) < 4.78 is 10.9. The zero-order chi connectivity index (χ0) is 18.2. The fourth-order valence-electron chi connectivity index (χ4n) is 1.90. The van der Waals surface area contributed by atoms with Gasteiger partial charge >= 0.3 is 5.97 Å². The molecule has 2 aromatic carbocycles. The average molecular weight is 361 g/mol. The molecule has 0 heterocycles. The zero-order valence-corrected chi connectivity index (χ0v) is 14.2. The van der Waals surface area contributed by atoms with Gasteiger partial charge in [0, 0.05) is 0 Å². The number of carbonyl (C=O) groups excluding carboxylic acids is 1. The van der Waals surface area contributed by atoms with Gasteiger partial charge in [-0.15, -0.1) is 5.10 Å². The van der Waals surface area contributed by atoms with Crippen LogP contribution in [0.4, 0.5) is 0 Å². The highest BCUT2D eigenvalue weighted by Crippen LogP contribution is 2.29. The van der Waals surface area contributed by atoms with E-state index in [1.807, 2.05) is 6.92 Å². The van der Waals surface area contributed by atoms with Crippen molar-refractivity contribution in [2.45, 2.75) is 6.92 Å². The molecule has 0 radical (unpaired) electrons. The van der Waals surface area contributed by atoms with E-state index in [-0.39, 0.29) is 17.3 Å². The van der Waals surface area contributed by atoms with Crippen molar-refractivity contribution in [1.82, 2.24) is 0 Å². The van der Waals surface area contributed by atoms with Crippen molar-refractivity contribution in [3.05, 3.63) is 58.6 Å². The van der Waals surface area contributed by atoms with Crippen LogP contribution in [0.1, 0.15) is 22.8 Å². The van der Waals surface area contributed by atoms with Gasteiger partial charge in [-0.1, -0.05) is 23.7 Å². The molecule has 0 aliphatic carbocycles. The Bertz CT molecular complexity index is 817. The van der Waals surface area contributed by atoms with Gasteiger partial charge in [0.05, 0.1) is 23.4 Å². The lowest BCUT2D eigenvalue weighted by Crippen LogP contribution is -2.21. The maximum absolute atomic E-state index is 12.3. The smallest absolute Gasteiger partial charge is 0.345 e. The maximum Gasteiger partial charge on any atom is 0.345 e. The van der Waals surface area contributed by atoms with E-state index in [1.54, 1.807) is 42.5 Å². The van der Waals surface area contributed by atoms with Crippen LogP contribution in [0.15, 0.2) is 52.7 Å². The predicted octanol–water partition coefficient (Wildman–Crippen LogP) is 2.57. The van der Waals surface area contributed by atoms with Gasteiger partial charge in [-0.05, 0) is 42.8 Å². The number of ether oxygens (including phenoxy) is 2. The van der Waals surface area contributed by atoms with Gasteiger partial charge in [0.1, 0.15) is 0 Å². The van der Waals surface area contributed by atoms with E-state index in [9.17, 15) is 4.79 Å². The van der Waals surface area contributed by atoms with Crippen molar-refractivity contribution in [1.29, 1.82) is 0 Å². The molecule has 0 aromatic heterocycles. The highest BCUT2D eigenvalue weighted by atomic mass is 35.5. The van der Waals surface area contributed by atoms with Crippen molar-refractivity contribution < 1.29 is 14.3 Å². The Kier molecular flexibility index (Phi) is 6.36. The lowest BCUT2D eigenvalue weighted by Gasteiger charge is -2.11. The molecule has 8 heteroatoms. The summed E-state index contributed by atoms with van der Waals surface area (Å²) in [5, 5.41) is 7.55. The first-order valence-electron chi connectivity index (χ1n) is 7.36. The second kappa shape index (κ2) is 8.70. The number of nitrogens with two attached hydrogens (primary N) is 2. The molecular weight excluding hydrogens is 344 g/mol. The Labute approximate surface area is 149 Å². The van der Waals surface area contributed by atoms with Gasteiger partial charge in [0.2, 0.25) is 5.96 Å². The van der Waals surface area contributed by atoms with Crippen LogP contribution < -0.4 is 20.9 Å². The van der Waals surface area contributed by atoms with Crippen LogP contribution >= 0.6 is 11.6 Å². The van der Waals surface area contributed by atoms with E-state index in [0.717, 1.165) is 0 Å². The number of nitrogens with zero attached hydrogens (tertiary/aromatic N) is 2. The van der Waals surface area contributed by atoms with Crippen LogP contribution in [0.25, 0.3) is 0 Å². The van der Waals surface area contributed by atoms with Crippen molar-refractivity contribution in [2.75, 3.05) is 6.61 Å². The number of hydrogen-bond acceptors (Lipinski definition) is 5. The molecule has 0 fully saturated rings. The fourth-order valence-corrected chi connectivity index (χ4v) is 2.11. The molecule has 0 saturated carbocycles. The molecular formula is C17H17ClN4O3. The van der Waals surface area contributed by atoms with Crippen molar-refractivity contribution in [3.8, 4) is 11.5 Å². The van der Waals surface area contributed by atoms with Crippen LogP contribution in [0, 0.1) is 0 Å².